The maximum absolute atomic E-state index is 10.7. The average molecular weight is 210 g/mol. The highest BCUT2D eigenvalue weighted by atomic mass is 35.5. The molecule has 0 aromatic heterocycles. The van der Waals surface area contributed by atoms with Crippen molar-refractivity contribution in [2.45, 2.75) is 19.3 Å². The summed E-state index contributed by atoms with van der Waals surface area (Å²) in [5.74, 6) is 1.22. The molecule has 1 N–H and O–H groups in total. The van der Waals surface area contributed by atoms with Gasteiger partial charge in [0.15, 0.2) is 0 Å². The van der Waals surface area contributed by atoms with Crippen LogP contribution in [0, 0.1) is 0 Å². The molecule has 0 fully saturated rings. The fourth-order valence-electron chi connectivity index (χ4n) is 0.823. The molecular weight excluding hydrogens is 194 g/mol. The Morgan fingerprint density at radius 2 is 2.17 bits per heavy atom. The predicted octanol–water partition coefficient (Wildman–Crippen LogP) is 1.87. The molecule has 2 nitrogen and oxygen atoms in total. The van der Waals surface area contributed by atoms with E-state index in [0.717, 1.165) is 13.0 Å². The normalized spacial score (nSPS) is 9.83. The van der Waals surface area contributed by atoms with E-state index in [1.165, 1.54) is 18.6 Å². The van der Waals surface area contributed by atoms with Crippen molar-refractivity contribution in [3.05, 3.63) is 0 Å². The second kappa shape index (κ2) is 9.20. The quantitative estimate of drug-likeness (QED) is 0.513. The van der Waals surface area contributed by atoms with Crippen LogP contribution in [0.3, 0.4) is 0 Å². The van der Waals surface area contributed by atoms with E-state index in [1.54, 1.807) is 0 Å². The molecule has 12 heavy (non-hydrogen) atoms. The van der Waals surface area contributed by atoms with Gasteiger partial charge in [-0.25, -0.2) is 0 Å². The molecule has 0 aromatic rings. The summed E-state index contributed by atoms with van der Waals surface area (Å²) in [5, 5.41) is 2.73. The molecule has 0 rings (SSSR count). The molecule has 0 saturated heterocycles. The first-order valence-electron chi connectivity index (χ1n) is 4.13. The molecule has 0 spiro atoms. The van der Waals surface area contributed by atoms with Crippen molar-refractivity contribution in [2.24, 2.45) is 0 Å². The number of hydrogen-bond acceptors (Lipinski definition) is 2. The van der Waals surface area contributed by atoms with Gasteiger partial charge in [0, 0.05) is 6.54 Å². The Hall–Kier alpha value is 0.110. The van der Waals surface area contributed by atoms with Crippen molar-refractivity contribution in [1.82, 2.24) is 5.32 Å². The van der Waals surface area contributed by atoms with E-state index in [2.05, 4.69) is 11.6 Å². The van der Waals surface area contributed by atoms with E-state index >= 15 is 0 Å². The highest BCUT2D eigenvalue weighted by Crippen LogP contribution is 2.01. The molecule has 72 valence electrons. The van der Waals surface area contributed by atoms with Gasteiger partial charge in [-0.3, -0.25) is 4.79 Å². The first-order valence-corrected chi connectivity index (χ1v) is 6.05. The van der Waals surface area contributed by atoms with Crippen LogP contribution in [-0.4, -0.2) is 30.3 Å². The Balaban J connectivity index is 2.95. The topological polar surface area (TPSA) is 29.1 Å². The maximum Gasteiger partial charge on any atom is 0.234 e. The number of thioether (sulfide) groups is 1. The van der Waals surface area contributed by atoms with Gasteiger partial charge in [-0.1, -0.05) is 6.42 Å². The van der Waals surface area contributed by atoms with Crippen LogP contribution in [-0.2, 0) is 4.79 Å². The Morgan fingerprint density at radius 3 is 2.75 bits per heavy atom. The molecule has 0 aliphatic carbocycles. The van der Waals surface area contributed by atoms with Crippen LogP contribution in [0.25, 0.3) is 0 Å². The first kappa shape index (κ1) is 12.1. The molecule has 0 aromatic carbocycles. The molecule has 0 atom stereocenters. The number of alkyl halides is 1. The highest BCUT2D eigenvalue weighted by molar-refractivity contribution is 7.98. The average Bonchev–Trinajstić information content (AvgIpc) is 2.10. The summed E-state index contributed by atoms with van der Waals surface area (Å²) in [6.45, 7) is 0.764. The number of carbonyl (C=O) groups is 1. The minimum absolute atomic E-state index is 0.0680. The molecule has 0 bridgehead atoms. The van der Waals surface area contributed by atoms with E-state index in [9.17, 15) is 4.79 Å². The van der Waals surface area contributed by atoms with Gasteiger partial charge in [0.2, 0.25) is 5.91 Å². The molecule has 4 heteroatoms. The second-order valence-corrected chi connectivity index (χ2v) is 3.79. The summed E-state index contributed by atoms with van der Waals surface area (Å²) < 4.78 is 0. The van der Waals surface area contributed by atoms with Crippen molar-refractivity contribution in [3.63, 3.8) is 0 Å². The van der Waals surface area contributed by atoms with Crippen molar-refractivity contribution in [2.75, 3.05) is 24.4 Å². The standard InChI is InChI=1S/C8H16ClNOS/c1-12-6-4-2-3-5-10-8(11)7-9/h2-7H2,1H3,(H,10,11). The fraction of sp³-hybridized carbons (Fsp3) is 0.875. The molecule has 0 radical (unpaired) electrons. The summed E-state index contributed by atoms with van der Waals surface area (Å²) in [7, 11) is 0. The monoisotopic (exact) mass is 209 g/mol. The smallest absolute Gasteiger partial charge is 0.234 e. The largest absolute Gasteiger partial charge is 0.355 e. The van der Waals surface area contributed by atoms with Gasteiger partial charge >= 0.3 is 0 Å². The maximum atomic E-state index is 10.7. The number of unbranched alkanes of at least 4 members (excludes halogenated alkanes) is 2. The minimum Gasteiger partial charge on any atom is -0.355 e. The summed E-state index contributed by atoms with van der Waals surface area (Å²) in [6.07, 6.45) is 5.58. The molecule has 0 aliphatic heterocycles. The zero-order valence-corrected chi connectivity index (χ0v) is 9.01. The van der Waals surface area contributed by atoms with Crippen LogP contribution >= 0.6 is 23.4 Å². The lowest BCUT2D eigenvalue weighted by atomic mass is 10.2. The molecule has 0 saturated carbocycles. The van der Waals surface area contributed by atoms with Crippen LogP contribution in [0.2, 0.25) is 0 Å². The van der Waals surface area contributed by atoms with Gasteiger partial charge < -0.3 is 5.32 Å². The van der Waals surface area contributed by atoms with E-state index in [0.29, 0.717) is 0 Å². The van der Waals surface area contributed by atoms with Crippen LogP contribution in [0.5, 0.6) is 0 Å². The lowest BCUT2D eigenvalue weighted by molar-refractivity contribution is -0.118. The highest BCUT2D eigenvalue weighted by Gasteiger charge is 1.95. The van der Waals surface area contributed by atoms with E-state index in [1.807, 2.05) is 11.8 Å². The number of amides is 1. The Kier molecular flexibility index (Phi) is 9.28. The number of nitrogens with one attached hydrogen (secondary N) is 1. The Morgan fingerprint density at radius 1 is 1.42 bits per heavy atom. The predicted molar refractivity (Wildman–Crippen MR) is 56.0 cm³/mol. The van der Waals surface area contributed by atoms with E-state index in [-0.39, 0.29) is 11.8 Å². The number of halogens is 1. The van der Waals surface area contributed by atoms with Gasteiger partial charge in [-0.05, 0) is 24.9 Å². The lowest BCUT2D eigenvalue weighted by Crippen LogP contribution is -2.25. The van der Waals surface area contributed by atoms with Gasteiger partial charge in [0.25, 0.3) is 0 Å². The van der Waals surface area contributed by atoms with Crippen molar-refractivity contribution in [3.8, 4) is 0 Å². The van der Waals surface area contributed by atoms with Crippen LogP contribution < -0.4 is 5.32 Å². The van der Waals surface area contributed by atoms with Gasteiger partial charge in [-0.15, -0.1) is 11.6 Å². The zero-order valence-electron chi connectivity index (χ0n) is 7.44. The zero-order chi connectivity index (χ0) is 9.23. The number of rotatable bonds is 7. The van der Waals surface area contributed by atoms with Crippen molar-refractivity contribution < 1.29 is 4.79 Å². The lowest BCUT2D eigenvalue weighted by Gasteiger charge is -2.01. The summed E-state index contributed by atoms with van der Waals surface area (Å²) in [5.41, 5.74) is 0. The van der Waals surface area contributed by atoms with E-state index < -0.39 is 0 Å². The molecular formula is C8H16ClNOS. The van der Waals surface area contributed by atoms with Crippen molar-refractivity contribution in [1.29, 1.82) is 0 Å². The third kappa shape index (κ3) is 8.21. The van der Waals surface area contributed by atoms with Crippen LogP contribution in [0.4, 0.5) is 0 Å². The third-order valence-corrected chi connectivity index (χ3v) is 2.41. The first-order chi connectivity index (χ1) is 5.81. The molecule has 1 amide bonds. The van der Waals surface area contributed by atoms with Gasteiger partial charge in [-0.2, -0.15) is 11.8 Å². The minimum atomic E-state index is -0.0680. The Bertz CT molecular complexity index is 122. The fourth-order valence-corrected chi connectivity index (χ4v) is 1.41. The molecule has 0 heterocycles. The van der Waals surface area contributed by atoms with Crippen molar-refractivity contribution >= 4 is 29.3 Å². The second-order valence-electron chi connectivity index (χ2n) is 2.54. The van der Waals surface area contributed by atoms with E-state index in [4.69, 9.17) is 11.6 Å². The van der Waals surface area contributed by atoms with Gasteiger partial charge in [0.05, 0.1) is 0 Å². The Labute approximate surface area is 83.4 Å². The summed E-state index contributed by atoms with van der Waals surface area (Å²) >= 11 is 7.16. The summed E-state index contributed by atoms with van der Waals surface area (Å²) in [6, 6.07) is 0. The number of hydrogen-bond donors (Lipinski definition) is 1. The summed E-state index contributed by atoms with van der Waals surface area (Å²) in [4.78, 5) is 10.7. The van der Waals surface area contributed by atoms with Gasteiger partial charge in [0.1, 0.15) is 5.88 Å². The molecule has 0 aliphatic rings. The molecule has 0 unspecified atom stereocenters. The van der Waals surface area contributed by atoms with Crippen LogP contribution in [0.1, 0.15) is 19.3 Å². The van der Waals surface area contributed by atoms with Crippen LogP contribution in [0.15, 0.2) is 0 Å². The number of carbonyl (C=O) groups excluding carboxylic acids is 1. The SMILES string of the molecule is CSCCCCCNC(=O)CCl. The third-order valence-electron chi connectivity index (χ3n) is 1.47.